The molecule has 16 heavy (non-hydrogen) atoms. The third kappa shape index (κ3) is 2.94. The molecule has 1 N–H and O–H groups in total. The van der Waals surface area contributed by atoms with Gasteiger partial charge in [0.2, 0.25) is 0 Å². The third-order valence-electron chi connectivity index (χ3n) is 3.33. The van der Waals surface area contributed by atoms with Crippen LogP contribution in [0, 0.1) is 12.3 Å². The molecule has 1 saturated carbocycles. The summed E-state index contributed by atoms with van der Waals surface area (Å²) < 4.78 is 0. The van der Waals surface area contributed by atoms with Crippen LogP contribution in [0.1, 0.15) is 45.4 Å². The Labute approximate surface area is 97.7 Å². The zero-order valence-corrected chi connectivity index (χ0v) is 10.5. The van der Waals surface area contributed by atoms with Gasteiger partial charge in [-0.3, -0.25) is 0 Å². The van der Waals surface area contributed by atoms with Gasteiger partial charge >= 0.3 is 0 Å². The molecule has 1 aliphatic carbocycles. The second kappa shape index (κ2) is 4.40. The van der Waals surface area contributed by atoms with Gasteiger partial charge in [0.1, 0.15) is 11.6 Å². The molecule has 1 unspecified atom stereocenters. The van der Waals surface area contributed by atoms with Crippen molar-refractivity contribution in [2.75, 3.05) is 5.32 Å². The molecule has 0 aliphatic heterocycles. The Kier molecular flexibility index (Phi) is 3.13. The Bertz CT molecular complexity index is 360. The minimum absolute atomic E-state index is 0.470. The van der Waals surface area contributed by atoms with Gasteiger partial charge in [0, 0.05) is 12.2 Å². The Hall–Kier alpha value is -1.12. The van der Waals surface area contributed by atoms with Crippen LogP contribution in [-0.2, 0) is 0 Å². The highest BCUT2D eigenvalue weighted by Gasteiger charge is 2.27. The van der Waals surface area contributed by atoms with E-state index >= 15 is 0 Å². The van der Waals surface area contributed by atoms with Crippen molar-refractivity contribution in [1.82, 2.24) is 9.97 Å². The van der Waals surface area contributed by atoms with Crippen LogP contribution >= 0.6 is 0 Å². The van der Waals surface area contributed by atoms with E-state index in [2.05, 4.69) is 29.1 Å². The lowest BCUT2D eigenvalue weighted by molar-refractivity contribution is 0.229. The highest BCUT2D eigenvalue weighted by atomic mass is 15.0. The first-order chi connectivity index (χ1) is 7.55. The molecular weight excluding hydrogens is 198 g/mol. The SMILES string of the molecule is Cc1nccc(NC2CCCC(C)(C)C2)n1. The summed E-state index contributed by atoms with van der Waals surface area (Å²) in [4.78, 5) is 8.50. The average Bonchev–Trinajstić information content (AvgIpc) is 2.15. The molecule has 1 aliphatic rings. The molecule has 88 valence electrons. The average molecular weight is 219 g/mol. The van der Waals surface area contributed by atoms with Gasteiger partial charge in [-0.05, 0) is 37.7 Å². The lowest BCUT2D eigenvalue weighted by Gasteiger charge is -2.35. The minimum Gasteiger partial charge on any atom is -0.367 e. The van der Waals surface area contributed by atoms with Crippen LogP contribution in [0.3, 0.4) is 0 Å². The predicted molar refractivity (Wildman–Crippen MR) is 66.4 cm³/mol. The van der Waals surface area contributed by atoms with Crippen LogP contribution in [0.4, 0.5) is 5.82 Å². The molecule has 1 fully saturated rings. The van der Waals surface area contributed by atoms with Crippen molar-refractivity contribution < 1.29 is 0 Å². The van der Waals surface area contributed by atoms with Gasteiger partial charge in [-0.15, -0.1) is 0 Å². The van der Waals surface area contributed by atoms with E-state index in [4.69, 9.17) is 0 Å². The van der Waals surface area contributed by atoms with Gasteiger partial charge < -0.3 is 5.32 Å². The summed E-state index contributed by atoms with van der Waals surface area (Å²) >= 11 is 0. The Morgan fingerprint density at radius 3 is 2.94 bits per heavy atom. The molecular formula is C13H21N3. The maximum absolute atomic E-state index is 4.39. The van der Waals surface area contributed by atoms with Crippen LogP contribution in [0.15, 0.2) is 12.3 Å². The number of hydrogen-bond donors (Lipinski definition) is 1. The van der Waals surface area contributed by atoms with E-state index in [1.54, 1.807) is 0 Å². The molecule has 2 rings (SSSR count). The quantitative estimate of drug-likeness (QED) is 0.830. The van der Waals surface area contributed by atoms with E-state index in [0.717, 1.165) is 11.6 Å². The Morgan fingerprint density at radius 1 is 1.44 bits per heavy atom. The molecule has 3 heteroatoms. The van der Waals surface area contributed by atoms with Gasteiger partial charge in [0.25, 0.3) is 0 Å². The summed E-state index contributed by atoms with van der Waals surface area (Å²) in [5.74, 6) is 1.80. The smallest absolute Gasteiger partial charge is 0.129 e. The summed E-state index contributed by atoms with van der Waals surface area (Å²) in [5, 5.41) is 3.53. The zero-order chi connectivity index (χ0) is 11.6. The van der Waals surface area contributed by atoms with E-state index in [9.17, 15) is 0 Å². The molecule has 1 heterocycles. The first kappa shape index (κ1) is 11.4. The molecule has 0 radical (unpaired) electrons. The highest BCUT2D eigenvalue weighted by molar-refractivity contribution is 5.34. The molecule has 0 spiro atoms. The fraction of sp³-hybridized carbons (Fsp3) is 0.692. The lowest BCUT2D eigenvalue weighted by atomic mass is 9.75. The molecule has 3 nitrogen and oxygen atoms in total. The van der Waals surface area contributed by atoms with E-state index in [1.807, 2.05) is 19.2 Å². The van der Waals surface area contributed by atoms with Crippen LogP contribution < -0.4 is 5.32 Å². The molecule has 1 aromatic heterocycles. The number of hydrogen-bond acceptors (Lipinski definition) is 3. The van der Waals surface area contributed by atoms with Gasteiger partial charge in [0.15, 0.2) is 0 Å². The molecule has 0 saturated heterocycles. The van der Waals surface area contributed by atoms with Crippen molar-refractivity contribution in [2.24, 2.45) is 5.41 Å². The summed E-state index contributed by atoms with van der Waals surface area (Å²) in [5.41, 5.74) is 0.470. The fourth-order valence-electron chi connectivity index (χ4n) is 2.57. The van der Waals surface area contributed by atoms with Crippen molar-refractivity contribution in [3.63, 3.8) is 0 Å². The zero-order valence-electron chi connectivity index (χ0n) is 10.5. The monoisotopic (exact) mass is 219 g/mol. The van der Waals surface area contributed by atoms with Gasteiger partial charge in [-0.1, -0.05) is 20.3 Å². The fourth-order valence-corrected chi connectivity index (χ4v) is 2.57. The van der Waals surface area contributed by atoms with Crippen molar-refractivity contribution in [3.05, 3.63) is 18.1 Å². The van der Waals surface area contributed by atoms with Crippen LogP contribution in [0.5, 0.6) is 0 Å². The van der Waals surface area contributed by atoms with Crippen LogP contribution in [0.25, 0.3) is 0 Å². The first-order valence-corrected chi connectivity index (χ1v) is 6.11. The first-order valence-electron chi connectivity index (χ1n) is 6.11. The van der Waals surface area contributed by atoms with Gasteiger partial charge in [0.05, 0.1) is 0 Å². The molecule has 0 amide bonds. The summed E-state index contributed by atoms with van der Waals surface area (Å²) in [6.07, 6.45) is 6.96. The Morgan fingerprint density at radius 2 is 2.25 bits per heavy atom. The highest BCUT2D eigenvalue weighted by Crippen LogP contribution is 2.36. The molecule has 0 bridgehead atoms. The lowest BCUT2D eigenvalue weighted by Crippen LogP contribution is -2.32. The number of aromatic nitrogens is 2. The van der Waals surface area contributed by atoms with E-state index in [1.165, 1.54) is 25.7 Å². The van der Waals surface area contributed by atoms with Crippen molar-refractivity contribution in [3.8, 4) is 0 Å². The molecule has 1 atom stereocenters. The number of anilines is 1. The van der Waals surface area contributed by atoms with E-state index in [0.29, 0.717) is 11.5 Å². The largest absolute Gasteiger partial charge is 0.367 e. The maximum Gasteiger partial charge on any atom is 0.129 e. The second-order valence-corrected chi connectivity index (χ2v) is 5.59. The standard InChI is InChI=1S/C13H21N3/c1-10-14-8-6-12(15-10)16-11-5-4-7-13(2,3)9-11/h6,8,11H,4-5,7,9H2,1-3H3,(H,14,15,16). The van der Waals surface area contributed by atoms with Crippen molar-refractivity contribution >= 4 is 5.82 Å². The maximum atomic E-state index is 4.39. The normalized spacial score (nSPS) is 24.1. The van der Waals surface area contributed by atoms with E-state index < -0.39 is 0 Å². The van der Waals surface area contributed by atoms with Crippen molar-refractivity contribution in [1.29, 1.82) is 0 Å². The summed E-state index contributed by atoms with van der Waals surface area (Å²) in [6, 6.07) is 2.52. The van der Waals surface area contributed by atoms with Crippen LogP contribution in [0.2, 0.25) is 0 Å². The van der Waals surface area contributed by atoms with E-state index in [-0.39, 0.29) is 0 Å². The number of aryl methyl sites for hydroxylation is 1. The molecule has 1 aromatic rings. The predicted octanol–water partition coefficient (Wildman–Crippen LogP) is 3.17. The topological polar surface area (TPSA) is 37.8 Å². The summed E-state index contributed by atoms with van der Waals surface area (Å²) in [6.45, 7) is 6.63. The number of rotatable bonds is 2. The molecule has 0 aromatic carbocycles. The minimum atomic E-state index is 0.470. The van der Waals surface area contributed by atoms with Gasteiger partial charge in [-0.25, -0.2) is 9.97 Å². The number of nitrogens with zero attached hydrogens (tertiary/aromatic N) is 2. The second-order valence-electron chi connectivity index (χ2n) is 5.59. The summed E-state index contributed by atoms with van der Waals surface area (Å²) in [7, 11) is 0. The Balaban J connectivity index is 1.99. The number of nitrogens with one attached hydrogen (secondary N) is 1. The van der Waals surface area contributed by atoms with Crippen LogP contribution in [-0.4, -0.2) is 16.0 Å². The van der Waals surface area contributed by atoms with Crippen molar-refractivity contribution in [2.45, 2.75) is 52.5 Å². The third-order valence-corrected chi connectivity index (χ3v) is 3.33. The van der Waals surface area contributed by atoms with Gasteiger partial charge in [-0.2, -0.15) is 0 Å².